The zero-order chi connectivity index (χ0) is 19.9. The molecule has 29 heavy (non-hydrogen) atoms. The molecule has 3 amide bonds. The van der Waals surface area contributed by atoms with Gasteiger partial charge in [0, 0.05) is 11.2 Å². The molecule has 1 fully saturated rings. The first kappa shape index (κ1) is 21.0. The molecule has 1 aliphatic heterocycles. The van der Waals surface area contributed by atoms with Crippen LogP contribution in [0.15, 0.2) is 48.5 Å². The van der Waals surface area contributed by atoms with E-state index >= 15 is 0 Å². The predicted octanol–water partition coefficient (Wildman–Crippen LogP) is 3.76. The van der Waals surface area contributed by atoms with Crippen LogP contribution in [0.25, 0.3) is 0 Å². The number of imide groups is 1. The SMILES string of the molecule is CC1(N)CCCCC1C(=O)Nc1cccc(N2C(=O)c3ccccc3C2=O)c1.Cl. The molecular weight excluding hydrogens is 390 g/mol. The Morgan fingerprint density at radius 3 is 2.34 bits per heavy atom. The van der Waals surface area contributed by atoms with Crippen molar-refractivity contribution in [2.75, 3.05) is 10.2 Å². The van der Waals surface area contributed by atoms with Crippen molar-refractivity contribution in [2.24, 2.45) is 11.7 Å². The summed E-state index contributed by atoms with van der Waals surface area (Å²) in [5.74, 6) is -1.09. The van der Waals surface area contributed by atoms with E-state index in [1.807, 2.05) is 6.92 Å². The van der Waals surface area contributed by atoms with Crippen LogP contribution in [-0.2, 0) is 4.79 Å². The normalized spacial score (nSPS) is 23.4. The van der Waals surface area contributed by atoms with Crippen LogP contribution in [0, 0.1) is 5.92 Å². The second kappa shape index (κ2) is 7.97. The number of anilines is 2. The Morgan fingerprint density at radius 2 is 1.72 bits per heavy atom. The van der Waals surface area contributed by atoms with Crippen LogP contribution in [0.4, 0.5) is 11.4 Å². The number of carbonyl (C=O) groups is 3. The van der Waals surface area contributed by atoms with E-state index in [9.17, 15) is 14.4 Å². The first-order chi connectivity index (χ1) is 13.4. The number of hydrogen-bond donors (Lipinski definition) is 2. The summed E-state index contributed by atoms with van der Waals surface area (Å²) >= 11 is 0. The molecular formula is C22H24ClN3O3. The zero-order valence-electron chi connectivity index (χ0n) is 16.2. The van der Waals surface area contributed by atoms with Crippen LogP contribution in [0.1, 0.15) is 53.3 Å². The fraction of sp³-hybridized carbons (Fsp3) is 0.318. The number of rotatable bonds is 3. The molecule has 0 bridgehead atoms. The maximum Gasteiger partial charge on any atom is 0.266 e. The summed E-state index contributed by atoms with van der Waals surface area (Å²) in [5.41, 5.74) is 7.57. The van der Waals surface area contributed by atoms with E-state index in [0.29, 0.717) is 22.5 Å². The fourth-order valence-electron chi connectivity index (χ4n) is 4.16. The third-order valence-corrected chi connectivity index (χ3v) is 5.74. The van der Waals surface area contributed by atoms with Crippen molar-refractivity contribution in [3.63, 3.8) is 0 Å². The largest absolute Gasteiger partial charge is 0.326 e. The average molecular weight is 414 g/mol. The molecule has 4 rings (SSSR count). The topological polar surface area (TPSA) is 92.5 Å². The van der Waals surface area contributed by atoms with Crippen molar-refractivity contribution in [1.29, 1.82) is 0 Å². The Morgan fingerprint density at radius 1 is 1.07 bits per heavy atom. The van der Waals surface area contributed by atoms with Crippen LogP contribution in [0.2, 0.25) is 0 Å². The quantitative estimate of drug-likeness (QED) is 0.749. The standard InChI is InChI=1S/C22H23N3O3.ClH/c1-22(23)12-5-4-11-18(22)19(26)24-14-7-6-8-15(13-14)25-20(27)16-9-2-3-10-17(16)21(25)28;/h2-3,6-10,13,18H,4-5,11-12,23H2,1H3,(H,24,26);1H. The lowest BCUT2D eigenvalue weighted by atomic mass is 9.74. The van der Waals surface area contributed by atoms with Gasteiger partial charge >= 0.3 is 0 Å². The van der Waals surface area contributed by atoms with Gasteiger partial charge in [-0.15, -0.1) is 12.4 Å². The molecule has 6 nitrogen and oxygen atoms in total. The van der Waals surface area contributed by atoms with Crippen LogP contribution in [-0.4, -0.2) is 23.3 Å². The lowest BCUT2D eigenvalue weighted by Crippen LogP contribution is -2.51. The molecule has 2 atom stereocenters. The third kappa shape index (κ3) is 3.78. The maximum absolute atomic E-state index is 12.8. The van der Waals surface area contributed by atoms with Gasteiger partial charge in [-0.2, -0.15) is 0 Å². The monoisotopic (exact) mass is 413 g/mol. The van der Waals surface area contributed by atoms with Gasteiger partial charge in [0.05, 0.1) is 22.7 Å². The van der Waals surface area contributed by atoms with Crippen LogP contribution in [0.3, 0.4) is 0 Å². The zero-order valence-corrected chi connectivity index (χ0v) is 17.0. The molecule has 152 valence electrons. The molecule has 0 aromatic heterocycles. The molecule has 1 aliphatic carbocycles. The molecule has 2 aliphatic rings. The first-order valence-corrected chi connectivity index (χ1v) is 9.56. The van der Waals surface area contributed by atoms with Gasteiger partial charge in [-0.1, -0.05) is 31.0 Å². The van der Waals surface area contributed by atoms with E-state index < -0.39 is 5.54 Å². The van der Waals surface area contributed by atoms with Gasteiger partial charge in [0.25, 0.3) is 11.8 Å². The van der Waals surface area contributed by atoms with Crippen LogP contribution in [0.5, 0.6) is 0 Å². The third-order valence-electron chi connectivity index (χ3n) is 5.74. The molecule has 2 unspecified atom stereocenters. The number of halogens is 1. The van der Waals surface area contributed by atoms with Gasteiger partial charge in [-0.3, -0.25) is 14.4 Å². The summed E-state index contributed by atoms with van der Waals surface area (Å²) in [5, 5.41) is 2.91. The Hall–Kier alpha value is -2.70. The highest BCUT2D eigenvalue weighted by atomic mass is 35.5. The molecule has 2 aromatic carbocycles. The highest BCUT2D eigenvalue weighted by molar-refractivity contribution is 6.34. The second-order valence-corrected chi connectivity index (χ2v) is 7.84. The van der Waals surface area contributed by atoms with Gasteiger partial charge in [-0.05, 0) is 50.1 Å². The Balaban J connectivity index is 0.00000240. The highest BCUT2D eigenvalue weighted by Gasteiger charge is 2.38. The number of fused-ring (bicyclic) bond motifs is 1. The molecule has 0 radical (unpaired) electrons. The lowest BCUT2D eigenvalue weighted by Gasteiger charge is -2.37. The molecule has 3 N–H and O–H groups in total. The van der Waals surface area contributed by atoms with E-state index in [4.69, 9.17) is 5.73 Å². The van der Waals surface area contributed by atoms with E-state index in [0.717, 1.165) is 30.6 Å². The van der Waals surface area contributed by atoms with Crippen molar-refractivity contribution < 1.29 is 14.4 Å². The minimum Gasteiger partial charge on any atom is -0.326 e. The summed E-state index contributed by atoms with van der Waals surface area (Å²) in [7, 11) is 0. The minimum atomic E-state index is -0.525. The van der Waals surface area contributed by atoms with E-state index in [2.05, 4.69) is 5.32 Å². The molecule has 7 heteroatoms. The number of benzene rings is 2. The minimum absolute atomic E-state index is 0. The molecule has 1 heterocycles. The highest BCUT2D eigenvalue weighted by Crippen LogP contribution is 2.33. The Bertz CT molecular complexity index is 938. The molecule has 0 spiro atoms. The van der Waals surface area contributed by atoms with Crippen molar-refractivity contribution >= 4 is 41.5 Å². The first-order valence-electron chi connectivity index (χ1n) is 9.56. The summed E-state index contributed by atoms with van der Waals surface area (Å²) in [6, 6.07) is 13.6. The van der Waals surface area contributed by atoms with Gasteiger partial charge in [0.15, 0.2) is 0 Å². The number of nitrogens with one attached hydrogen (secondary N) is 1. The van der Waals surface area contributed by atoms with E-state index in [1.165, 1.54) is 0 Å². The molecule has 0 saturated heterocycles. The Labute approximate surface area is 175 Å². The Kier molecular flexibility index (Phi) is 5.78. The number of nitrogens with zero attached hydrogens (tertiary/aromatic N) is 1. The van der Waals surface area contributed by atoms with E-state index in [-0.39, 0.29) is 36.0 Å². The van der Waals surface area contributed by atoms with Gasteiger partial charge in [0.1, 0.15) is 0 Å². The van der Waals surface area contributed by atoms with Crippen molar-refractivity contribution in [2.45, 2.75) is 38.1 Å². The second-order valence-electron chi connectivity index (χ2n) is 7.84. The van der Waals surface area contributed by atoms with Crippen LogP contribution < -0.4 is 16.0 Å². The number of hydrogen-bond acceptors (Lipinski definition) is 4. The summed E-state index contributed by atoms with van der Waals surface area (Å²) in [6.45, 7) is 1.92. The molecule has 2 aromatic rings. The number of carbonyl (C=O) groups excluding carboxylic acids is 3. The molecule has 1 saturated carbocycles. The average Bonchev–Trinajstić information content (AvgIpc) is 2.92. The lowest BCUT2D eigenvalue weighted by molar-refractivity contribution is -0.122. The smallest absolute Gasteiger partial charge is 0.266 e. The summed E-state index contributed by atoms with van der Waals surface area (Å²) in [6.07, 6.45) is 3.60. The predicted molar refractivity (Wildman–Crippen MR) is 114 cm³/mol. The summed E-state index contributed by atoms with van der Waals surface area (Å²) in [4.78, 5) is 39.3. The fourth-order valence-corrected chi connectivity index (χ4v) is 4.16. The number of nitrogens with two attached hydrogens (primary N) is 1. The number of amides is 3. The maximum atomic E-state index is 12.8. The summed E-state index contributed by atoms with van der Waals surface area (Å²) < 4.78 is 0. The van der Waals surface area contributed by atoms with Gasteiger partial charge < -0.3 is 11.1 Å². The van der Waals surface area contributed by atoms with Crippen LogP contribution >= 0.6 is 12.4 Å². The van der Waals surface area contributed by atoms with Crippen molar-refractivity contribution in [1.82, 2.24) is 0 Å². The van der Waals surface area contributed by atoms with Crippen molar-refractivity contribution in [3.05, 3.63) is 59.7 Å². The van der Waals surface area contributed by atoms with Gasteiger partial charge in [0.2, 0.25) is 5.91 Å². The van der Waals surface area contributed by atoms with E-state index in [1.54, 1.807) is 48.5 Å². The van der Waals surface area contributed by atoms with Crippen molar-refractivity contribution in [3.8, 4) is 0 Å². The van der Waals surface area contributed by atoms with Gasteiger partial charge in [-0.25, -0.2) is 4.90 Å².